The molecule has 1 aromatic rings. The van der Waals surface area contributed by atoms with Gasteiger partial charge in [-0.1, -0.05) is 0 Å². The van der Waals surface area contributed by atoms with Gasteiger partial charge in [0.15, 0.2) is 0 Å². The van der Waals surface area contributed by atoms with Crippen molar-refractivity contribution in [3.63, 3.8) is 0 Å². The SMILES string of the molecule is CCOC(=O)Cc1cc(OC(F)(F)F)nc(CN)c1C. The predicted molar refractivity (Wildman–Crippen MR) is 63.9 cm³/mol. The van der Waals surface area contributed by atoms with Crippen LogP contribution in [0.2, 0.25) is 0 Å². The van der Waals surface area contributed by atoms with Crippen LogP contribution in [0.1, 0.15) is 23.7 Å². The molecule has 8 heteroatoms. The Bertz CT molecular complexity index is 490. The molecule has 112 valence electrons. The van der Waals surface area contributed by atoms with Gasteiger partial charge in [-0.3, -0.25) is 4.79 Å². The molecule has 0 saturated carbocycles. The summed E-state index contributed by atoms with van der Waals surface area (Å²) in [6.45, 7) is 3.40. The van der Waals surface area contributed by atoms with Crippen molar-refractivity contribution in [2.75, 3.05) is 6.61 Å². The van der Waals surface area contributed by atoms with Gasteiger partial charge < -0.3 is 15.2 Å². The number of hydrogen-bond acceptors (Lipinski definition) is 5. The summed E-state index contributed by atoms with van der Waals surface area (Å²) < 4.78 is 45.1. The molecule has 0 aromatic carbocycles. The summed E-state index contributed by atoms with van der Waals surface area (Å²) in [6.07, 6.45) is -5.02. The lowest BCUT2D eigenvalue weighted by molar-refractivity contribution is -0.276. The first-order valence-corrected chi connectivity index (χ1v) is 5.87. The Labute approximate surface area is 113 Å². The maximum Gasteiger partial charge on any atom is 0.574 e. The van der Waals surface area contributed by atoms with E-state index < -0.39 is 18.2 Å². The Balaban J connectivity index is 3.08. The van der Waals surface area contributed by atoms with E-state index in [1.54, 1.807) is 13.8 Å². The fourth-order valence-corrected chi connectivity index (χ4v) is 1.61. The van der Waals surface area contributed by atoms with Gasteiger partial charge in [-0.25, -0.2) is 4.98 Å². The number of ether oxygens (including phenoxy) is 2. The molecule has 0 amide bonds. The second-order valence-electron chi connectivity index (χ2n) is 3.93. The Morgan fingerprint density at radius 2 is 2.10 bits per heavy atom. The topological polar surface area (TPSA) is 74.4 Å². The zero-order valence-corrected chi connectivity index (χ0v) is 11.1. The van der Waals surface area contributed by atoms with Crippen LogP contribution in [-0.2, 0) is 22.5 Å². The van der Waals surface area contributed by atoms with Gasteiger partial charge in [0.25, 0.3) is 0 Å². The summed E-state index contributed by atoms with van der Waals surface area (Å²) >= 11 is 0. The van der Waals surface area contributed by atoms with Crippen LogP contribution in [0.4, 0.5) is 13.2 Å². The molecule has 0 spiro atoms. The average molecular weight is 292 g/mol. The monoisotopic (exact) mass is 292 g/mol. The molecule has 0 aliphatic heterocycles. The Morgan fingerprint density at radius 1 is 1.45 bits per heavy atom. The molecule has 1 rings (SSSR count). The van der Waals surface area contributed by atoms with Crippen LogP contribution >= 0.6 is 0 Å². The van der Waals surface area contributed by atoms with Crippen LogP contribution < -0.4 is 10.5 Å². The summed E-state index contributed by atoms with van der Waals surface area (Å²) in [5.74, 6) is -1.18. The molecule has 0 bridgehead atoms. The van der Waals surface area contributed by atoms with Crippen molar-refractivity contribution in [1.82, 2.24) is 4.98 Å². The second-order valence-corrected chi connectivity index (χ2v) is 3.93. The molecule has 5 nitrogen and oxygen atoms in total. The molecule has 0 unspecified atom stereocenters. The Hall–Kier alpha value is -1.83. The van der Waals surface area contributed by atoms with E-state index in [4.69, 9.17) is 10.5 Å². The van der Waals surface area contributed by atoms with Crippen molar-refractivity contribution in [1.29, 1.82) is 0 Å². The summed E-state index contributed by atoms with van der Waals surface area (Å²) in [5, 5.41) is 0. The molecular weight excluding hydrogens is 277 g/mol. The predicted octanol–water partition coefficient (Wildman–Crippen LogP) is 1.85. The highest BCUT2D eigenvalue weighted by Gasteiger charge is 2.32. The third-order valence-electron chi connectivity index (χ3n) is 2.51. The Kier molecular flexibility index (Phi) is 5.32. The third kappa shape index (κ3) is 4.69. The quantitative estimate of drug-likeness (QED) is 0.838. The first-order chi connectivity index (χ1) is 9.26. The van der Waals surface area contributed by atoms with E-state index in [1.165, 1.54) is 0 Å². The number of alkyl halides is 3. The minimum absolute atomic E-state index is 0.0588. The lowest BCUT2D eigenvalue weighted by Crippen LogP contribution is -2.20. The van der Waals surface area contributed by atoms with E-state index in [9.17, 15) is 18.0 Å². The number of hydrogen-bond donors (Lipinski definition) is 1. The lowest BCUT2D eigenvalue weighted by atomic mass is 10.0. The highest BCUT2D eigenvalue weighted by molar-refractivity contribution is 5.73. The van der Waals surface area contributed by atoms with Crippen LogP contribution in [0.25, 0.3) is 0 Å². The average Bonchev–Trinajstić information content (AvgIpc) is 2.31. The molecule has 0 atom stereocenters. The number of esters is 1. The number of pyridine rings is 1. The molecule has 1 aromatic heterocycles. The molecule has 0 aliphatic carbocycles. The van der Waals surface area contributed by atoms with Crippen LogP contribution in [0, 0.1) is 6.92 Å². The van der Waals surface area contributed by atoms with Gasteiger partial charge >= 0.3 is 12.3 Å². The number of halogens is 3. The number of nitrogens with two attached hydrogens (primary N) is 1. The molecule has 2 N–H and O–H groups in total. The molecule has 0 radical (unpaired) electrons. The lowest BCUT2D eigenvalue weighted by Gasteiger charge is -2.14. The van der Waals surface area contributed by atoms with Gasteiger partial charge in [0.2, 0.25) is 5.88 Å². The van der Waals surface area contributed by atoms with E-state index in [0.717, 1.165) is 6.07 Å². The van der Waals surface area contributed by atoms with Gasteiger partial charge in [-0.15, -0.1) is 13.2 Å². The molecule has 1 heterocycles. The molecular formula is C12H15F3N2O3. The van der Waals surface area contributed by atoms with E-state index >= 15 is 0 Å². The number of nitrogens with zero attached hydrogens (tertiary/aromatic N) is 1. The van der Waals surface area contributed by atoms with Crippen molar-refractivity contribution < 1.29 is 27.4 Å². The van der Waals surface area contributed by atoms with Crippen molar-refractivity contribution in [2.24, 2.45) is 5.73 Å². The van der Waals surface area contributed by atoms with Crippen molar-refractivity contribution in [3.05, 3.63) is 22.9 Å². The highest BCUT2D eigenvalue weighted by atomic mass is 19.4. The number of carbonyl (C=O) groups excluding carboxylic acids is 1. The van der Waals surface area contributed by atoms with E-state index in [0.29, 0.717) is 11.1 Å². The van der Waals surface area contributed by atoms with Crippen LogP contribution in [-0.4, -0.2) is 23.9 Å². The number of carbonyl (C=O) groups is 1. The summed E-state index contributed by atoms with van der Waals surface area (Å²) in [7, 11) is 0. The maximum absolute atomic E-state index is 12.2. The van der Waals surface area contributed by atoms with Gasteiger partial charge in [0.05, 0.1) is 18.7 Å². The normalized spacial score (nSPS) is 11.3. The van der Waals surface area contributed by atoms with Gasteiger partial charge in [-0.2, -0.15) is 0 Å². The number of rotatable bonds is 5. The fraction of sp³-hybridized carbons (Fsp3) is 0.500. The van der Waals surface area contributed by atoms with Crippen molar-refractivity contribution in [3.8, 4) is 5.88 Å². The minimum Gasteiger partial charge on any atom is -0.466 e. The highest BCUT2D eigenvalue weighted by Crippen LogP contribution is 2.25. The smallest absolute Gasteiger partial charge is 0.466 e. The van der Waals surface area contributed by atoms with Crippen molar-refractivity contribution in [2.45, 2.75) is 33.2 Å². The van der Waals surface area contributed by atoms with Crippen LogP contribution in [0.5, 0.6) is 5.88 Å². The Morgan fingerprint density at radius 3 is 2.60 bits per heavy atom. The number of aromatic nitrogens is 1. The minimum atomic E-state index is -4.85. The first-order valence-electron chi connectivity index (χ1n) is 5.87. The van der Waals surface area contributed by atoms with Gasteiger partial charge in [0, 0.05) is 12.6 Å². The fourth-order valence-electron chi connectivity index (χ4n) is 1.61. The summed E-state index contributed by atoms with van der Waals surface area (Å²) in [4.78, 5) is 15.1. The zero-order chi connectivity index (χ0) is 15.3. The summed E-state index contributed by atoms with van der Waals surface area (Å²) in [6, 6.07) is 1.07. The molecule has 0 aliphatic rings. The maximum atomic E-state index is 12.2. The van der Waals surface area contributed by atoms with Crippen LogP contribution in [0.15, 0.2) is 6.07 Å². The largest absolute Gasteiger partial charge is 0.574 e. The third-order valence-corrected chi connectivity index (χ3v) is 2.51. The van der Waals surface area contributed by atoms with Crippen LogP contribution in [0.3, 0.4) is 0 Å². The van der Waals surface area contributed by atoms with E-state index in [1.807, 2.05) is 0 Å². The van der Waals surface area contributed by atoms with Gasteiger partial charge in [-0.05, 0) is 25.0 Å². The van der Waals surface area contributed by atoms with Crippen molar-refractivity contribution >= 4 is 5.97 Å². The summed E-state index contributed by atoms with van der Waals surface area (Å²) in [5.41, 5.74) is 6.56. The van der Waals surface area contributed by atoms with Gasteiger partial charge in [0.1, 0.15) is 0 Å². The van der Waals surface area contributed by atoms with E-state index in [-0.39, 0.29) is 25.3 Å². The first kappa shape index (κ1) is 16.2. The van der Waals surface area contributed by atoms with E-state index in [2.05, 4.69) is 9.72 Å². The second kappa shape index (κ2) is 6.56. The molecule has 0 fully saturated rings. The standard InChI is InChI=1S/C12H15F3N2O3/c1-3-19-11(18)5-8-4-10(20-12(13,14)15)17-9(6-16)7(8)2/h4H,3,5-6,16H2,1-2H3. The molecule has 0 saturated heterocycles. The molecule has 20 heavy (non-hydrogen) atoms. The zero-order valence-electron chi connectivity index (χ0n) is 11.1.